The number of hydrogen-bond donors (Lipinski definition) is 1. The van der Waals surface area contributed by atoms with Crippen molar-refractivity contribution in [2.45, 2.75) is 51.2 Å². The Labute approximate surface area is 205 Å². The number of rotatable bonds is 6. The van der Waals surface area contributed by atoms with E-state index < -0.39 is 12.2 Å². The molecule has 182 valence electrons. The monoisotopic (exact) mass is 570 g/mol. The van der Waals surface area contributed by atoms with E-state index in [-0.39, 0.29) is 30.1 Å². The maximum atomic E-state index is 12.9. The molecule has 0 saturated carbocycles. The summed E-state index contributed by atoms with van der Waals surface area (Å²) in [6.45, 7) is 5.73. The summed E-state index contributed by atoms with van der Waals surface area (Å²) in [7, 11) is 1.70. The van der Waals surface area contributed by atoms with Crippen LogP contribution in [0.5, 0.6) is 0 Å². The first-order chi connectivity index (χ1) is 14.9. The van der Waals surface area contributed by atoms with Crippen LogP contribution in [-0.4, -0.2) is 80.5 Å². The minimum absolute atomic E-state index is 0. The van der Waals surface area contributed by atoms with Crippen molar-refractivity contribution >= 4 is 29.9 Å². The fourth-order valence-electron chi connectivity index (χ4n) is 3.85. The zero-order valence-electron chi connectivity index (χ0n) is 18.7. The van der Waals surface area contributed by atoms with Crippen LogP contribution in [0.4, 0.5) is 13.2 Å². The Hall–Kier alpha value is -1.11. The van der Waals surface area contributed by atoms with Crippen molar-refractivity contribution in [3.8, 4) is 0 Å². The summed E-state index contributed by atoms with van der Waals surface area (Å²) in [6, 6.07) is 6.84. The molecular weight excluding hydrogens is 536 g/mol. The summed E-state index contributed by atoms with van der Waals surface area (Å²) < 4.78 is 50.1. The number of piperazine rings is 1. The highest BCUT2D eigenvalue weighted by atomic mass is 127. The van der Waals surface area contributed by atoms with Crippen LogP contribution in [0, 0.1) is 0 Å². The van der Waals surface area contributed by atoms with Gasteiger partial charge in [0.25, 0.3) is 0 Å². The second-order valence-corrected chi connectivity index (χ2v) is 8.08. The summed E-state index contributed by atoms with van der Waals surface area (Å²) in [5.74, 6) is 0.714. The molecule has 2 saturated heterocycles. The van der Waals surface area contributed by atoms with Crippen molar-refractivity contribution in [2.75, 3.05) is 46.4 Å². The average Bonchev–Trinajstić information content (AvgIpc) is 2.79. The molecule has 1 aromatic rings. The number of halogens is 4. The summed E-state index contributed by atoms with van der Waals surface area (Å²) in [4.78, 5) is 7.79. The van der Waals surface area contributed by atoms with E-state index in [4.69, 9.17) is 9.47 Å². The van der Waals surface area contributed by atoms with Gasteiger partial charge in [-0.15, -0.1) is 24.0 Å². The molecule has 10 heteroatoms. The van der Waals surface area contributed by atoms with Crippen LogP contribution in [0.2, 0.25) is 0 Å². The standard InChI is InChI=1S/C22H33F3N4O2.HI/c1-17(22(23,24)25)28-9-11-29(12-10-28)21(26-2)27-15-18-3-5-19(6-4-18)16-31-20-7-13-30-14-8-20;/h3-6,17,20H,7-16H2,1-2H3,(H,26,27);1H. The molecule has 1 N–H and O–H groups in total. The van der Waals surface area contributed by atoms with E-state index in [1.807, 2.05) is 4.90 Å². The van der Waals surface area contributed by atoms with Crippen LogP contribution in [0.15, 0.2) is 29.3 Å². The molecule has 0 aromatic heterocycles. The van der Waals surface area contributed by atoms with Gasteiger partial charge in [0.2, 0.25) is 0 Å². The number of nitrogens with zero attached hydrogens (tertiary/aromatic N) is 3. The average molecular weight is 570 g/mol. The largest absolute Gasteiger partial charge is 0.403 e. The van der Waals surface area contributed by atoms with Crippen molar-refractivity contribution < 1.29 is 22.6 Å². The van der Waals surface area contributed by atoms with Crippen molar-refractivity contribution in [3.05, 3.63) is 35.4 Å². The predicted molar refractivity (Wildman–Crippen MR) is 129 cm³/mol. The van der Waals surface area contributed by atoms with Gasteiger partial charge in [0.05, 0.1) is 12.7 Å². The highest BCUT2D eigenvalue weighted by Crippen LogP contribution is 2.25. The van der Waals surface area contributed by atoms with Gasteiger partial charge in [-0.05, 0) is 30.9 Å². The molecule has 2 heterocycles. The van der Waals surface area contributed by atoms with Gasteiger partial charge in [0.15, 0.2) is 5.96 Å². The molecule has 0 spiro atoms. The molecule has 1 aromatic carbocycles. The Balaban J connectivity index is 0.00000363. The Morgan fingerprint density at radius 3 is 2.28 bits per heavy atom. The molecule has 2 aliphatic heterocycles. The fraction of sp³-hybridized carbons (Fsp3) is 0.682. The first-order valence-corrected chi connectivity index (χ1v) is 10.9. The SMILES string of the molecule is CN=C(NCc1ccc(COC2CCOCC2)cc1)N1CCN(C(C)C(F)(F)F)CC1.I. The summed E-state index contributed by atoms with van der Waals surface area (Å²) in [5, 5.41) is 3.32. The molecule has 6 nitrogen and oxygen atoms in total. The number of ether oxygens (including phenoxy) is 2. The van der Waals surface area contributed by atoms with Crippen LogP contribution in [-0.2, 0) is 22.6 Å². The van der Waals surface area contributed by atoms with Crippen molar-refractivity contribution in [2.24, 2.45) is 4.99 Å². The van der Waals surface area contributed by atoms with Crippen molar-refractivity contribution in [1.29, 1.82) is 0 Å². The van der Waals surface area contributed by atoms with Gasteiger partial charge in [0.1, 0.15) is 6.04 Å². The molecule has 32 heavy (non-hydrogen) atoms. The fourth-order valence-corrected chi connectivity index (χ4v) is 3.85. The highest BCUT2D eigenvalue weighted by molar-refractivity contribution is 14.0. The lowest BCUT2D eigenvalue weighted by Gasteiger charge is -2.39. The predicted octanol–water partition coefficient (Wildman–Crippen LogP) is 3.64. The van der Waals surface area contributed by atoms with E-state index in [2.05, 4.69) is 34.6 Å². The van der Waals surface area contributed by atoms with Crippen LogP contribution in [0.25, 0.3) is 0 Å². The molecule has 1 atom stereocenters. The minimum Gasteiger partial charge on any atom is -0.381 e. The smallest absolute Gasteiger partial charge is 0.381 e. The summed E-state index contributed by atoms with van der Waals surface area (Å²) >= 11 is 0. The van der Waals surface area contributed by atoms with E-state index in [9.17, 15) is 13.2 Å². The Kier molecular flexibility index (Phi) is 11.0. The number of nitrogens with one attached hydrogen (secondary N) is 1. The van der Waals surface area contributed by atoms with Gasteiger partial charge < -0.3 is 19.7 Å². The first-order valence-electron chi connectivity index (χ1n) is 10.9. The quantitative estimate of drug-likeness (QED) is 0.322. The van der Waals surface area contributed by atoms with E-state index in [0.717, 1.165) is 37.2 Å². The maximum Gasteiger partial charge on any atom is 0.403 e. The van der Waals surface area contributed by atoms with Crippen molar-refractivity contribution in [3.63, 3.8) is 0 Å². The number of hydrogen-bond acceptors (Lipinski definition) is 4. The third kappa shape index (κ3) is 8.03. The third-order valence-electron chi connectivity index (χ3n) is 5.97. The zero-order valence-corrected chi connectivity index (χ0v) is 21.1. The Bertz CT molecular complexity index is 704. The molecule has 0 amide bonds. The normalized spacial score (nSPS) is 20.0. The molecule has 3 rings (SSSR count). The Morgan fingerprint density at radius 2 is 1.72 bits per heavy atom. The van der Waals surface area contributed by atoms with Gasteiger partial charge >= 0.3 is 6.18 Å². The molecule has 1 unspecified atom stereocenters. The Morgan fingerprint density at radius 1 is 1.12 bits per heavy atom. The lowest BCUT2D eigenvalue weighted by molar-refractivity contribution is -0.181. The van der Waals surface area contributed by atoms with Crippen LogP contribution >= 0.6 is 24.0 Å². The van der Waals surface area contributed by atoms with E-state index in [1.54, 1.807) is 7.05 Å². The number of benzene rings is 1. The van der Waals surface area contributed by atoms with Gasteiger partial charge in [-0.3, -0.25) is 9.89 Å². The lowest BCUT2D eigenvalue weighted by atomic mass is 10.1. The molecule has 2 aliphatic rings. The van der Waals surface area contributed by atoms with E-state index >= 15 is 0 Å². The topological polar surface area (TPSA) is 49.3 Å². The first kappa shape index (κ1) is 27.1. The minimum atomic E-state index is -4.19. The van der Waals surface area contributed by atoms with Gasteiger partial charge in [-0.2, -0.15) is 13.2 Å². The second-order valence-electron chi connectivity index (χ2n) is 8.08. The summed E-state index contributed by atoms with van der Waals surface area (Å²) in [6.07, 6.45) is -2.02. The number of guanidine groups is 1. The molecular formula is C22H34F3IN4O2. The molecule has 2 fully saturated rings. The highest BCUT2D eigenvalue weighted by Gasteiger charge is 2.41. The third-order valence-corrected chi connectivity index (χ3v) is 5.97. The van der Waals surface area contributed by atoms with E-state index in [0.29, 0.717) is 45.3 Å². The summed E-state index contributed by atoms with van der Waals surface area (Å²) in [5.41, 5.74) is 2.25. The molecule has 0 radical (unpaired) electrons. The van der Waals surface area contributed by atoms with Gasteiger partial charge in [-0.1, -0.05) is 24.3 Å². The lowest BCUT2D eigenvalue weighted by Crippen LogP contribution is -2.56. The van der Waals surface area contributed by atoms with Crippen molar-refractivity contribution in [1.82, 2.24) is 15.1 Å². The molecule has 0 aliphatic carbocycles. The zero-order chi connectivity index (χ0) is 22.3. The number of aliphatic imine (C=N–C) groups is 1. The van der Waals surface area contributed by atoms with Crippen LogP contribution < -0.4 is 5.32 Å². The maximum absolute atomic E-state index is 12.9. The van der Waals surface area contributed by atoms with Crippen LogP contribution in [0.1, 0.15) is 30.9 Å². The van der Waals surface area contributed by atoms with Crippen LogP contribution in [0.3, 0.4) is 0 Å². The van der Waals surface area contributed by atoms with E-state index in [1.165, 1.54) is 11.8 Å². The second kappa shape index (κ2) is 13.0. The van der Waals surface area contributed by atoms with Gasteiger partial charge in [0, 0.05) is 53.0 Å². The molecule has 0 bridgehead atoms. The number of alkyl halides is 3. The van der Waals surface area contributed by atoms with Gasteiger partial charge in [-0.25, -0.2) is 0 Å².